The number of aromatic nitrogens is 1. The van der Waals surface area contributed by atoms with Crippen LogP contribution in [0.25, 0.3) is 10.9 Å². The van der Waals surface area contributed by atoms with E-state index in [-0.39, 0.29) is 17.9 Å². The number of fused-ring (bicyclic) bond motifs is 3. The highest BCUT2D eigenvalue weighted by atomic mass is 19.1. The van der Waals surface area contributed by atoms with Crippen LogP contribution in [-0.2, 0) is 6.42 Å². The van der Waals surface area contributed by atoms with E-state index in [1.54, 1.807) is 12.1 Å². The lowest BCUT2D eigenvalue weighted by Gasteiger charge is -2.37. The minimum absolute atomic E-state index is 0.0885. The molecule has 2 N–H and O–H groups in total. The lowest BCUT2D eigenvalue weighted by Crippen LogP contribution is -2.49. The zero-order valence-electron chi connectivity index (χ0n) is 16.5. The summed E-state index contributed by atoms with van der Waals surface area (Å²) in [5.74, 6) is -0.278. The van der Waals surface area contributed by atoms with Gasteiger partial charge in [-0.15, -0.1) is 0 Å². The minimum atomic E-state index is -0.448. The number of carbonyl (C=O) groups excluding carboxylic acids is 1. The van der Waals surface area contributed by atoms with Gasteiger partial charge in [-0.2, -0.15) is 0 Å². The monoisotopic (exact) mass is 391 g/mol. The van der Waals surface area contributed by atoms with Crippen LogP contribution in [0.2, 0.25) is 0 Å². The lowest BCUT2D eigenvalue weighted by atomic mass is 9.92. The van der Waals surface area contributed by atoms with Crippen molar-refractivity contribution in [3.63, 3.8) is 0 Å². The molecule has 1 atom stereocenters. The number of nitrogens with zero attached hydrogens (tertiary/aromatic N) is 1. The molecule has 3 aromatic rings. The Morgan fingerprint density at radius 2 is 1.79 bits per heavy atom. The summed E-state index contributed by atoms with van der Waals surface area (Å²) in [6, 6.07) is 14.6. The van der Waals surface area contributed by atoms with E-state index < -0.39 is 6.04 Å². The lowest BCUT2D eigenvalue weighted by molar-refractivity contribution is 0.171. The number of urea groups is 1. The van der Waals surface area contributed by atoms with E-state index in [0.29, 0.717) is 12.1 Å². The van der Waals surface area contributed by atoms with Crippen molar-refractivity contribution in [3.8, 4) is 0 Å². The largest absolute Gasteiger partial charge is 0.356 e. The molecule has 0 spiro atoms. The average Bonchev–Trinajstić information content (AvgIpc) is 3.13. The number of para-hydroxylation sites is 1. The quantitative estimate of drug-likeness (QED) is 0.612. The van der Waals surface area contributed by atoms with Gasteiger partial charge in [0.15, 0.2) is 0 Å². The van der Waals surface area contributed by atoms with Gasteiger partial charge in [0, 0.05) is 34.7 Å². The second kappa shape index (κ2) is 7.54. The molecule has 0 bridgehead atoms. The zero-order chi connectivity index (χ0) is 19.8. The zero-order valence-corrected chi connectivity index (χ0v) is 16.5. The molecule has 1 fully saturated rings. The van der Waals surface area contributed by atoms with Gasteiger partial charge < -0.3 is 15.2 Å². The number of nitrogens with one attached hydrogen (secondary N) is 2. The summed E-state index contributed by atoms with van der Waals surface area (Å²) in [6.07, 6.45) is 6.39. The van der Waals surface area contributed by atoms with Gasteiger partial charge in [0.2, 0.25) is 0 Å². The Labute approximate surface area is 170 Å². The van der Waals surface area contributed by atoms with Gasteiger partial charge >= 0.3 is 6.03 Å². The van der Waals surface area contributed by atoms with Crippen molar-refractivity contribution in [3.05, 3.63) is 71.2 Å². The highest BCUT2D eigenvalue weighted by Gasteiger charge is 2.36. The molecule has 0 radical (unpaired) electrons. The molecule has 29 heavy (non-hydrogen) atoms. The maximum absolute atomic E-state index is 14.8. The fraction of sp³-hybridized carbons (Fsp3) is 0.375. The molecule has 1 aromatic heterocycles. The maximum atomic E-state index is 14.8. The van der Waals surface area contributed by atoms with E-state index >= 15 is 0 Å². The Hall–Kier alpha value is -2.82. The van der Waals surface area contributed by atoms with E-state index in [0.717, 1.165) is 48.7 Å². The van der Waals surface area contributed by atoms with E-state index in [2.05, 4.69) is 16.4 Å². The summed E-state index contributed by atoms with van der Waals surface area (Å²) in [5, 5.41) is 4.39. The summed E-state index contributed by atoms with van der Waals surface area (Å²) >= 11 is 0. The Balaban J connectivity index is 1.56. The van der Waals surface area contributed by atoms with Gasteiger partial charge in [0.05, 0.1) is 0 Å². The predicted molar refractivity (Wildman–Crippen MR) is 112 cm³/mol. The first kappa shape index (κ1) is 18.2. The first-order valence-electron chi connectivity index (χ1n) is 10.6. The standard InChI is InChI=1S/C24H26FN3O/c25-20-12-6-4-11-19(20)23-22-18(17-10-5-7-13-21(17)27-22)14-15-28(23)24(29)26-16-8-2-1-3-9-16/h4-7,10-13,16,23,27H,1-3,8-9,14-15H2,(H,26,29)/t23-/m1/s1. The van der Waals surface area contributed by atoms with Crippen LogP contribution in [0.3, 0.4) is 0 Å². The fourth-order valence-electron chi connectivity index (χ4n) is 4.98. The third-order valence-electron chi connectivity index (χ3n) is 6.43. The second-order valence-electron chi connectivity index (χ2n) is 8.21. The Morgan fingerprint density at radius 1 is 1.03 bits per heavy atom. The number of rotatable bonds is 2. The maximum Gasteiger partial charge on any atom is 0.318 e. The van der Waals surface area contributed by atoms with E-state index in [1.807, 2.05) is 29.2 Å². The van der Waals surface area contributed by atoms with Gasteiger partial charge in [-0.3, -0.25) is 0 Å². The van der Waals surface area contributed by atoms with Crippen LogP contribution >= 0.6 is 0 Å². The summed E-state index contributed by atoms with van der Waals surface area (Å²) in [7, 11) is 0. The van der Waals surface area contributed by atoms with Gasteiger partial charge in [0.1, 0.15) is 11.9 Å². The van der Waals surface area contributed by atoms with Crippen LogP contribution in [0.1, 0.15) is 55.0 Å². The number of hydrogen-bond donors (Lipinski definition) is 2. The molecule has 1 aliphatic heterocycles. The smallest absolute Gasteiger partial charge is 0.318 e. The molecule has 2 amide bonds. The number of H-pyrrole nitrogens is 1. The van der Waals surface area contributed by atoms with E-state index in [4.69, 9.17) is 0 Å². The molecule has 5 heteroatoms. The molecule has 2 heterocycles. The summed E-state index contributed by atoms with van der Waals surface area (Å²) in [5.41, 5.74) is 3.70. The van der Waals surface area contributed by atoms with Crippen LogP contribution in [0.4, 0.5) is 9.18 Å². The highest BCUT2D eigenvalue weighted by molar-refractivity contribution is 5.86. The molecular formula is C24H26FN3O. The normalized spacial score (nSPS) is 19.9. The van der Waals surface area contributed by atoms with Crippen LogP contribution in [0.15, 0.2) is 48.5 Å². The Bertz CT molecular complexity index is 1040. The number of hydrogen-bond acceptors (Lipinski definition) is 1. The van der Waals surface area contributed by atoms with Crippen molar-refractivity contribution in [1.29, 1.82) is 0 Å². The van der Waals surface area contributed by atoms with E-state index in [1.165, 1.54) is 18.1 Å². The molecule has 5 rings (SSSR count). The average molecular weight is 391 g/mol. The van der Waals surface area contributed by atoms with Crippen LogP contribution < -0.4 is 5.32 Å². The fourth-order valence-corrected chi connectivity index (χ4v) is 4.98. The van der Waals surface area contributed by atoms with Gasteiger partial charge in [-0.1, -0.05) is 55.7 Å². The molecule has 4 nitrogen and oxygen atoms in total. The number of amides is 2. The molecule has 0 unspecified atom stereocenters. The van der Waals surface area contributed by atoms with E-state index in [9.17, 15) is 9.18 Å². The summed E-state index contributed by atoms with van der Waals surface area (Å²) in [4.78, 5) is 18.6. The third kappa shape index (κ3) is 3.28. The van der Waals surface area contributed by atoms with Crippen molar-refractivity contribution < 1.29 is 9.18 Å². The number of halogens is 1. The number of carbonyl (C=O) groups is 1. The minimum Gasteiger partial charge on any atom is -0.356 e. The van der Waals surface area contributed by atoms with Gasteiger partial charge in [-0.05, 0) is 37.0 Å². The number of aromatic amines is 1. The summed E-state index contributed by atoms with van der Waals surface area (Å²) < 4.78 is 14.8. The third-order valence-corrected chi connectivity index (χ3v) is 6.43. The first-order chi connectivity index (χ1) is 14.2. The molecule has 2 aliphatic rings. The molecule has 1 aliphatic carbocycles. The predicted octanol–water partition coefficient (Wildman–Crippen LogP) is 5.30. The van der Waals surface area contributed by atoms with Gasteiger partial charge in [0.25, 0.3) is 0 Å². The van der Waals surface area contributed by atoms with Gasteiger partial charge in [-0.25, -0.2) is 9.18 Å². The van der Waals surface area contributed by atoms with Crippen LogP contribution in [0, 0.1) is 5.82 Å². The second-order valence-corrected chi connectivity index (χ2v) is 8.21. The van der Waals surface area contributed by atoms with Crippen LogP contribution in [0.5, 0.6) is 0 Å². The summed E-state index contributed by atoms with van der Waals surface area (Å²) in [6.45, 7) is 0.576. The molecule has 150 valence electrons. The first-order valence-corrected chi connectivity index (χ1v) is 10.6. The SMILES string of the molecule is O=C(NC1CCCCC1)N1CCc2c([nH]c3ccccc23)[C@H]1c1ccccc1F. The topological polar surface area (TPSA) is 48.1 Å². The highest BCUT2D eigenvalue weighted by Crippen LogP contribution is 2.39. The molecule has 0 saturated heterocycles. The molecule has 2 aromatic carbocycles. The van der Waals surface area contributed by atoms with Crippen molar-refractivity contribution >= 4 is 16.9 Å². The van der Waals surface area contributed by atoms with Crippen molar-refractivity contribution in [2.45, 2.75) is 50.6 Å². The Morgan fingerprint density at radius 3 is 2.62 bits per heavy atom. The van der Waals surface area contributed by atoms with Crippen molar-refractivity contribution in [2.75, 3.05) is 6.54 Å². The van der Waals surface area contributed by atoms with Crippen molar-refractivity contribution in [1.82, 2.24) is 15.2 Å². The molecular weight excluding hydrogens is 365 g/mol. The number of benzene rings is 2. The molecule has 1 saturated carbocycles. The Kier molecular flexibility index (Phi) is 4.74. The van der Waals surface area contributed by atoms with Crippen LogP contribution in [-0.4, -0.2) is 28.5 Å². The van der Waals surface area contributed by atoms with Crippen molar-refractivity contribution in [2.24, 2.45) is 0 Å².